The van der Waals surface area contributed by atoms with Crippen molar-refractivity contribution in [1.29, 1.82) is 0 Å². The zero-order valence-corrected chi connectivity index (χ0v) is 13.2. The van der Waals surface area contributed by atoms with Gasteiger partial charge in [-0.1, -0.05) is 6.07 Å². The number of carbonyl (C=O) groups is 2. The number of benzene rings is 1. The summed E-state index contributed by atoms with van der Waals surface area (Å²) in [5, 5.41) is 7.90. The average molecular weight is 319 g/mol. The smallest absolute Gasteiger partial charge is 0.251 e. The van der Waals surface area contributed by atoms with Gasteiger partial charge in [-0.3, -0.25) is 9.59 Å². The molecule has 0 aliphatic heterocycles. The number of aryl methyl sites for hydroxylation is 1. The Morgan fingerprint density at radius 1 is 1.36 bits per heavy atom. The first-order valence-corrected chi connectivity index (χ1v) is 7.59. The maximum Gasteiger partial charge on any atom is 0.251 e. The van der Waals surface area contributed by atoms with E-state index in [2.05, 4.69) is 15.6 Å². The van der Waals surface area contributed by atoms with Gasteiger partial charge in [0, 0.05) is 18.0 Å². The molecule has 0 aliphatic rings. The molecular weight excluding hydrogens is 302 g/mol. The number of hydrogen-bond donors (Lipinski definition) is 2. The second-order valence-electron chi connectivity index (χ2n) is 4.53. The van der Waals surface area contributed by atoms with Crippen LogP contribution in [0.2, 0.25) is 0 Å². The Balaban J connectivity index is 1.94. The number of nitrogens with zero attached hydrogens (tertiary/aromatic N) is 1. The van der Waals surface area contributed by atoms with Gasteiger partial charge in [0.15, 0.2) is 0 Å². The molecule has 2 aromatic rings. The monoisotopic (exact) mass is 319 g/mol. The van der Waals surface area contributed by atoms with E-state index in [0.717, 1.165) is 10.7 Å². The molecule has 0 saturated carbocycles. The highest BCUT2D eigenvalue weighted by atomic mass is 32.1. The van der Waals surface area contributed by atoms with E-state index in [-0.39, 0.29) is 18.4 Å². The van der Waals surface area contributed by atoms with Crippen molar-refractivity contribution in [1.82, 2.24) is 15.6 Å². The van der Waals surface area contributed by atoms with Gasteiger partial charge in [-0.25, -0.2) is 4.98 Å². The molecule has 0 bridgehead atoms. The third kappa shape index (κ3) is 4.56. The van der Waals surface area contributed by atoms with Gasteiger partial charge in [-0.15, -0.1) is 11.3 Å². The van der Waals surface area contributed by atoms with Crippen molar-refractivity contribution < 1.29 is 14.3 Å². The first-order valence-electron chi connectivity index (χ1n) is 6.71. The van der Waals surface area contributed by atoms with E-state index in [4.69, 9.17) is 4.74 Å². The van der Waals surface area contributed by atoms with E-state index in [1.54, 1.807) is 35.6 Å². The van der Waals surface area contributed by atoms with Crippen LogP contribution < -0.4 is 15.4 Å². The Hall–Kier alpha value is -2.41. The lowest BCUT2D eigenvalue weighted by Gasteiger charge is -2.07. The minimum atomic E-state index is -0.321. The Labute approximate surface area is 132 Å². The number of amides is 2. The predicted octanol–water partition coefficient (Wildman–Crippen LogP) is 1.51. The number of aromatic nitrogens is 1. The number of likely N-dealkylation sites (N-methyl/N-ethyl adjacent to an activating group) is 1. The third-order valence-corrected chi connectivity index (χ3v) is 3.66. The zero-order valence-electron chi connectivity index (χ0n) is 12.4. The van der Waals surface area contributed by atoms with Crippen molar-refractivity contribution in [2.45, 2.75) is 13.5 Å². The van der Waals surface area contributed by atoms with E-state index in [0.29, 0.717) is 17.9 Å². The molecule has 0 radical (unpaired) electrons. The van der Waals surface area contributed by atoms with E-state index in [1.165, 1.54) is 7.05 Å². The molecular formula is C15H17N3O3S. The standard InChI is InChI=1S/C15H17N3O3S/c1-10-18-12(9-22-10)8-21-13-5-3-4-11(6-13)15(20)17-7-14(19)16-2/h3-6,9H,7-8H2,1-2H3,(H,16,19)(H,17,20). The van der Waals surface area contributed by atoms with E-state index < -0.39 is 0 Å². The SMILES string of the molecule is CNC(=O)CNC(=O)c1cccc(OCc2csc(C)n2)c1. The fraction of sp³-hybridized carbons (Fsp3) is 0.267. The third-order valence-electron chi connectivity index (χ3n) is 2.84. The van der Waals surface area contributed by atoms with Crippen molar-refractivity contribution >= 4 is 23.2 Å². The molecule has 116 valence electrons. The topological polar surface area (TPSA) is 80.3 Å². The van der Waals surface area contributed by atoms with Gasteiger partial charge in [-0.05, 0) is 25.1 Å². The Morgan fingerprint density at radius 2 is 2.18 bits per heavy atom. The van der Waals surface area contributed by atoms with E-state index in [9.17, 15) is 9.59 Å². The number of nitrogens with one attached hydrogen (secondary N) is 2. The summed E-state index contributed by atoms with van der Waals surface area (Å²) >= 11 is 1.57. The van der Waals surface area contributed by atoms with E-state index in [1.807, 2.05) is 12.3 Å². The van der Waals surface area contributed by atoms with Crippen LogP contribution in [0.3, 0.4) is 0 Å². The predicted molar refractivity (Wildman–Crippen MR) is 84.0 cm³/mol. The second-order valence-corrected chi connectivity index (χ2v) is 5.59. The lowest BCUT2D eigenvalue weighted by atomic mass is 10.2. The number of rotatable bonds is 6. The van der Waals surface area contributed by atoms with Crippen LogP contribution in [0.15, 0.2) is 29.6 Å². The first-order chi connectivity index (χ1) is 10.6. The summed E-state index contributed by atoms with van der Waals surface area (Å²) in [6.07, 6.45) is 0. The van der Waals surface area contributed by atoms with Crippen molar-refractivity contribution in [2.24, 2.45) is 0 Å². The van der Waals surface area contributed by atoms with Gasteiger partial charge >= 0.3 is 0 Å². The minimum Gasteiger partial charge on any atom is -0.487 e. The molecule has 0 saturated heterocycles. The Kier molecular flexibility index (Phi) is 5.48. The minimum absolute atomic E-state index is 0.0570. The van der Waals surface area contributed by atoms with Gasteiger partial charge in [0.05, 0.1) is 17.2 Å². The molecule has 2 rings (SSSR count). The summed E-state index contributed by atoms with van der Waals surface area (Å²) in [4.78, 5) is 27.4. The van der Waals surface area contributed by atoms with Crippen LogP contribution in [0.25, 0.3) is 0 Å². The van der Waals surface area contributed by atoms with Crippen molar-refractivity contribution in [3.05, 3.63) is 45.9 Å². The molecule has 6 nitrogen and oxygen atoms in total. The van der Waals surface area contributed by atoms with Crippen molar-refractivity contribution in [3.8, 4) is 5.75 Å². The van der Waals surface area contributed by atoms with Gasteiger partial charge in [0.1, 0.15) is 12.4 Å². The second kappa shape index (κ2) is 7.56. The van der Waals surface area contributed by atoms with Crippen LogP contribution in [-0.4, -0.2) is 30.4 Å². The molecule has 0 spiro atoms. The number of carbonyl (C=O) groups excluding carboxylic acids is 2. The molecule has 7 heteroatoms. The lowest BCUT2D eigenvalue weighted by Crippen LogP contribution is -2.35. The summed E-state index contributed by atoms with van der Waals surface area (Å²) in [5.41, 5.74) is 1.30. The summed E-state index contributed by atoms with van der Waals surface area (Å²) < 4.78 is 5.63. The molecule has 22 heavy (non-hydrogen) atoms. The normalized spacial score (nSPS) is 10.1. The number of hydrogen-bond acceptors (Lipinski definition) is 5. The van der Waals surface area contributed by atoms with Gasteiger partial charge < -0.3 is 15.4 Å². The fourth-order valence-electron chi connectivity index (χ4n) is 1.71. The highest BCUT2D eigenvalue weighted by molar-refractivity contribution is 7.09. The van der Waals surface area contributed by atoms with Crippen LogP contribution >= 0.6 is 11.3 Å². The van der Waals surface area contributed by atoms with Crippen LogP contribution in [0, 0.1) is 6.92 Å². The summed E-state index contributed by atoms with van der Waals surface area (Å²) in [6.45, 7) is 2.23. The van der Waals surface area contributed by atoms with Gasteiger partial charge in [0.2, 0.25) is 5.91 Å². The zero-order chi connectivity index (χ0) is 15.9. The number of thiazole rings is 1. The quantitative estimate of drug-likeness (QED) is 0.846. The highest BCUT2D eigenvalue weighted by Gasteiger charge is 2.08. The first kappa shape index (κ1) is 16.0. The molecule has 1 aromatic heterocycles. The van der Waals surface area contributed by atoms with E-state index >= 15 is 0 Å². The molecule has 0 fully saturated rings. The highest BCUT2D eigenvalue weighted by Crippen LogP contribution is 2.16. The maximum absolute atomic E-state index is 11.9. The van der Waals surface area contributed by atoms with Crippen LogP contribution in [0.4, 0.5) is 0 Å². The molecule has 1 heterocycles. The fourth-order valence-corrected chi connectivity index (χ4v) is 2.31. The molecule has 0 atom stereocenters. The van der Waals surface area contributed by atoms with Crippen LogP contribution in [-0.2, 0) is 11.4 Å². The molecule has 1 aromatic carbocycles. The van der Waals surface area contributed by atoms with Crippen LogP contribution in [0.1, 0.15) is 21.1 Å². The van der Waals surface area contributed by atoms with Crippen molar-refractivity contribution in [2.75, 3.05) is 13.6 Å². The molecule has 2 amide bonds. The van der Waals surface area contributed by atoms with Gasteiger partial charge in [0.25, 0.3) is 5.91 Å². The summed E-state index contributed by atoms with van der Waals surface area (Å²) in [5.74, 6) is 0.0106. The van der Waals surface area contributed by atoms with Crippen molar-refractivity contribution in [3.63, 3.8) is 0 Å². The summed E-state index contributed by atoms with van der Waals surface area (Å²) in [7, 11) is 1.52. The van der Waals surface area contributed by atoms with Crippen LogP contribution in [0.5, 0.6) is 5.75 Å². The summed E-state index contributed by atoms with van der Waals surface area (Å²) in [6, 6.07) is 6.81. The Bertz CT molecular complexity index is 670. The lowest BCUT2D eigenvalue weighted by molar-refractivity contribution is -0.119. The molecule has 0 aliphatic carbocycles. The Morgan fingerprint density at radius 3 is 2.86 bits per heavy atom. The average Bonchev–Trinajstić information content (AvgIpc) is 2.96. The number of ether oxygens (including phenoxy) is 1. The molecule has 0 unspecified atom stereocenters. The molecule has 2 N–H and O–H groups in total. The van der Waals surface area contributed by atoms with Gasteiger partial charge in [-0.2, -0.15) is 0 Å². The maximum atomic E-state index is 11.9. The largest absolute Gasteiger partial charge is 0.487 e.